The van der Waals surface area contributed by atoms with Crippen LogP contribution in [0, 0.1) is 0 Å². The lowest BCUT2D eigenvalue weighted by Gasteiger charge is -2.13. The highest BCUT2D eigenvalue weighted by Crippen LogP contribution is 2.26. The molecule has 2 aromatic rings. The third-order valence-corrected chi connectivity index (χ3v) is 2.97. The van der Waals surface area contributed by atoms with Crippen LogP contribution in [0.5, 0.6) is 0 Å². The van der Waals surface area contributed by atoms with Crippen molar-refractivity contribution in [3.8, 4) is 0 Å². The lowest BCUT2D eigenvalue weighted by atomic mass is 10.0. The molecule has 1 heterocycles. The van der Waals surface area contributed by atoms with E-state index >= 15 is 0 Å². The third kappa shape index (κ3) is 2.07. The Morgan fingerprint density at radius 2 is 2.12 bits per heavy atom. The van der Waals surface area contributed by atoms with Gasteiger partial charge in [-0.3, -0.25) is 4.68 Å². The zero-order valence-corrected chi connectivity index (χ0v) is 10.2. The molecule has 0 fully saturated rings. The first-order chi connectivity index (χ1) is 7.59. The minimum Gasteiger partial charge on any atom is -0.319 e. The van der Waals surface area contributed by atoms with E-state index in [2.05, 4.69) is 5.10 Å². The summed E-state index contributed by atoms with van der Waals surface area (Å²) in [6, 6.07) is 7.10. The van der Waals surface area contributed by atoms with Crippen LogP contribution >= 0.6 is 23.2 Å². The molecule has 2 rings (SSSR count). The molecule has 1 atom stereocenters. The van der Waals surface area contributed by atoms with Crippen molar-refractivity contribution in [2.45, 2.75) is 6.04 Å². The van der Waals surface area contributed by atoms with Gasteiger partial charge < -0.3 is 5.73 Å². The Labute approximate surface area is 104 Å². The van der Waals surface area contributed by atoms with Crippen LogP contribution in [-0.2, 0) is 7.05 Å². The Morgan fingerprint density at radius 3 is 2.69 bits per heavy atom. The Bertz CT molecular complexity index is 488. The number of hydrogen-bond acceptors (Lipinski definition) is 2. The van der Waals surface area contributed by atoms with Gasteiger partial charge in [0.2, 0.25) is 0 Å². The molecule has 2 N–H and O–H groups in total. The molecule has 0 aliphatic heterocycles. The number of aromatic nitrogens is 2. The Kier molecular flexibility index (Phi) is 3.19. The van der Waals surface area contributed by atoms with Crippen molar-refractivity contribution in [3.05, 3.63) is 51.8 Å². The van der Waals surface area contributed by atoms with Crippen LogP contribution in [-0.4, -0.2) is 9.78 Å². The van der Waals surface area contributed by atoms with Crippen LogP contribution in [0.4, 0.5) is 0 Å². The van der Waals surface area contributed by atoms with E-state index in [0.29, 0.717) is 10.0 Å². The van der Waals surface area contributed by atoms with Gasteiger partial charge in [0.1, 0.15) is 0 Å². The molecule has 16 heavy (non-hydrogen) atoms. The van der Waals surface area contributed by atoms with Gasteiger partial charge in [0.25, 0.3) is 0 Å². The van der Waals surface area contributed by atoms with Gasteiger partial charge in [-0.05, 0) is 17.7 Å². The molecule has 1 aromatic carbocycles. The summed E-state index contributed by atoms with van der Waals surface area (Å²) in [4.78, 5) is 0. The summed E-state index contributed by atoms with van der Waals surface area (Å²) in [5, 5.41) is 5.28. The maximum absolute atomic E-state index is 6.13. The van der Waals surface area contributed by atoms with Gasteiger partial charge in [-0.25, -0.2) is 0 Å². The fraction of sp³-hybridized carbons (Fsp3) is 0.182. The number of benzene rings is 1. The Morgan fingerprint density at radius 1 is 1.38 bits per heavy atom. The summed E-state index contributed by atoms with van der Waals surface area (Å²) < 4.78 is 1.67. The minimum atomic E-state index is -0.321. The molecule has 0 aliphatic rings. The highest BCUT2D eigenvalue weighted by molar-refractivity contribution is 6.31. The second-order valence-corrected chi connectivity index (χ2v) is 4.38. The summed E-state index contributed by atoms with van der Waals surface area (Å²) in [6.45, 7) is 0. The van der Waals surface area contributed by atoms with E-state index in [1.165, 1.54) is 0 Å². The number of nitrogens with two attached hydrogens (primary N) is 1. The fourth-order valence-electron chi connectivity index (χ4n) is 1.63. The van der Waals surface area contributed by atoms with Crippen molar-refractivity contribution < 1.29 is 0 Å². The normalized spacial score (nSPS) is 12.8. The van der Waals surface area contributed by atoms with E-state index in [0.717, 1.165) is 11.3 Å². The monoisotopic (exact) mass is 255 g/mol. The van der Waals surface area contributed by atoms with E-state index in [9.17, 15) is 0 Å². The zero-order valence-electron chi connectivity index (χ0n) is 8.69. The molecule has 1 aromatic heterocycles. The van der Waals surface area contributed by atoms with E-state index in [-0.39, 0.29) is 6.04 Å². The van der Waals surface area contributed by atoms with E-state index in [1.807, 2.05) is 31.3 Å². The summed E-state index contributed by atoms with van der Waals surface area (Å²) in [5.74, 6) is 0. The molecular formula is C11H11Cl2N3. The van der Waals surface area contributed by atoms with Crippen molar-refractivity contribution in [2.75, 3.05) is 0 Å². The van der Waals surface area contributed by atoms with Crippen LogP contribution < -0.4 is 5.73 Å². The van der Waals surface area contributed by atoms with Crippen LogP contribution in [0.2, 0.25) is 10.0 Å². The summed E-state index contributed by atoms with van der Waals surface area (Å²) >= 11 is 12.0. The van der Waals surface area contributed by atoms with Gasteiger partial charge in [-0.2, -0.15) is 5.10 Å². The van der Waals surface area contributed by atoms with Gasteiger partial charge in [0.15, 0.2) is 0 Å². The van der Waals surface area contributed by atoms with E-state index in [4.69, 9.17) is 28.9 Å². The van der Waals surface area contributed by atoms with Gasteiger partial charge in [-0.15, -0.1) is 0 Å². The van der Waals surface area contributed by atoms with Crippen molar-refractivity contribution in [2.24, 2.45) is 12.8 Å². The molecule has 0 amide bonds. The number of aryl methyl sites for hydroxylation is 1. The summed E-state index contributed by atoms with van der Waals surface area (Å²) in [6.07, 6.45) is 1.58. The largest absolute Gasteiger partial charge is 0.319 e. The number of rotatable bonds is 2. The van der Waals surface area contributed by atoms with Gasteiger partial charge in [-0.1, -0.05) is 35.3 Å². The summed E-state index contributed by atoms with van der Waals surface area (Å²) in [5.41, 5.74) is 7.82. The Hall–Kier alpha value is -1.03. The molecule has 84 valence electrons. The lowest BCUT2D eigenvalue weighted by molar-refractivity contribution is 0.673. The average Bonchev–Trinajstić information content (AvgIpc) is 2.58. The maximum atomic E-state index is 6.13. The molecule has 0 bridgehead atoms. The first kappa shape index (κ1) is 11.5. The number of nitrogens with zero attached hydrogens (tertiary/aromatic N) is 2. The lowest BCUT2D eigenvalue weighted by Crippen LogP contribution is -2.16. The minimum absolute atomic E-state index is 0.321. The molecule has 0 saturated heterocycles. The fourth-order valence-corrected chi connectivity index (χ4v) is 2.11. The molecule has 0 saturated carbocycles. The predicted molar refractivity (Wildman–Crippen MR) is 65.7 cm³/mol. The quantitative estimate of drug-likeness (QED) is 0.897. The predicted octanol–water partition coefficient (Wildman–Crippen LogP) is 2.78. The van der Waals surface area contributed by atoms with E-state index in [1.54, 1.807) is 10.9 Å². The summed E-state index contributed by atoms with van der Waals surface area (Å²) in [7, 11) is 1.81. The molecule has 0 radical (unpaired) electrons. The van der Waals surface area contributed by atoms with Gasteiger partial charge in [0, 0.05) is 12.1 Å². The van der Waals surface area contributed by atoms with Crippen molar-refractivity contribution in [1.82, 2.24) is 9.78 Å². The highest BCUT2D eigenvalue weighted by Gasteiger charge is 2.16. The maximum Gasteiger partial charge on any atom is 0.0837 e. The van der Waals surface area contributed by atoms with Crippen LogP contribution in [0.1, 0.15) is 17.3 Å². The van der Waals surface area contributed by atoms with E-state index < -0.39 is 0 Å². The Balaban J connectivity index is 2.43. The van der Waals surface area contributed by atoms with Gasteiger partial charge in [0.05, 0.1) is 23.0 Å². The molecular weight excluding hydrogens is 245 g/mol. The highest BCUT2D eigenvalue weighted by atomic mass is 35.5. The molecule has 1 unspecified atom stereocenters. The first-order valence-corrected chi connectivity index (χ1v) is 5.53. The second kappa shape index (κ2) is 4.45. The van der Waals surface area contributed by atoms with Crippen LogP contribution in [0.25, 0.3) is 0 Å². The van der Waals surface area contributed by atoms with Crippen molar-refractivity contribution in [3.63, 3.8) is 0 Å². The second-order valence-electron chi connectivity index (χ2n) is 3.53. The SMILES string of the molecule is Cn1ncc(Cl)c1C(N)c1cccc(Cl)c1. The van der Waals surface area contributed by atoms with Crippen LogP contribution in [0.15, 0.2) is 30.5 Å². The van der Waals surface area contributed by atoms with Crippen LogP contribution in [0.3, 0.4) is 0 Å². The van der Waals surface area contributed by atoms with Crippen molar-refractivity contribution in [1.29, 1.82) is 0 Å². The zero-order chi connectivity index (χ0) is 11.7. The van der Waals surface area contributed by atoms with Crippen molar-refractivity contribution >= 4 is 23.2 Å². The third-order valence-electron chi connectivity index (χ3n) is 2.44. The standard InChI is InChI=1S/C11H11Cl2N3/c1-16-11(9(13)6-15-16)10(14)7-3-2-4-8(12)5-7/h2-6,10H,14H2,1H3. The van der Waals surface area contributed by atoms with Gasteiger partial charge >= 0.3 is 0 Å². The topological polar surface area (TPSA) is 43.8 Å². The first-order valence-electron chi connectivity index (χ1n) is 4.78. The number of halogens is 2. The molecule has 0 aliphatic carbocycles. The molecule has 3 nitrogen and oxygen atoms in total. The molecule has 0 spiro atoms. The smallest absolute Gasteiger partial charge is 0.0837 e. The molecule has 5 heteroatoms. The average molecular weight is 256 g/mol. The number of hydrogen-bond donors (Lipinski definition) is 1.